The molecule has 0 radical (unpaired) electrons. The average Bonchev–Trinajstić information content (AvgIpc) is 2.02. The van der Waals surface area contributed by atoms with Crippen LogP contribution in [-0.4, -0.2) is 17.7 Å². The van der Waals surface area contributed by atoms with E-state index in [1.54, 1.807) is 0 Å². The molecule has 1 fully saturated rings. The third kappa shape index (κ3) is 1.82. The van der Waals surface area contributed by atoms with Crippen molar-refractivity contribution in [3.8, 4) is 0 Å². The zero-order valence-electron chi connectivity index (χ0n) is 9.21. The van der Waals surface area contributed by atoms with Gasteiger partial charge in [-0.3, -0.25) is 4.55 Å². The summed E-state index contributed by atoms with van der Waals surface area (Å²) in [6.07, 6.45) is 4.06. The van der Waals surface area contributed by atoms with E-state index >= 15 is 0 Å². The van der Waals surface area contributed by atoms with Crippen LogP contribution in [0.15, 0.2) is 0 Å². The lowest BCUT2D eigenvalue weighted by atomic mass is 9.71. The van der Waals surface area contributed by atoms with Crippen LogP contribution in [0.5, 0.6) is 0 Å². The summed E-state index contributed by atoms with van der Waals surface area (Å²) in [5.41, 5.74) is -0.388. The molecule has 4 heteroatoms. The molecule has 0 aromatic heterocycles. The van der Waals surface area contributed by atoms with Crippen molar-refractivity contribution in [1.82, 2.24) is 0 Å². The zero-order valence-corrected chi connectivity index (χ0v) is 10.0. The summed E-state index contributed by atoms with van der Waals surface area (Å²) in [5, 5.41) is 0. The van der Waals surface area contributed by atoms with Crippen molar-refractivity contribution in [2.75, 3.05) is 0 Å². The highest BCUT2D eigenvalue weighted by Gasteiger charge is 2.52. The van der Waals surface area contributed by atoms with E-state index < -0.39 is 14.9 Å². The number of rotatable bonds is 1. The van der Waals surface area contributed by atoms with Crippen LogP contribution in [0, 0.1) is 5.41 Å². The largest absolute Gasteiger partial charge is 0.285 e. The van der Waals surface area contributed by atoms with Gasteiger partial charge in [-0.05, 0) is 18.3 Å². The summed E-state index contributed by atoms with van der Waals surface area (Å²) in [6.45, 7) is 5.68. The summed E-state index contributed by atoms with van der Waals surface area (Å²) >= 11 is 0. The maximum absolute atomic E-state index is 11.5. The first kappa shape index (κ1) is 12.0. The van der Waals surface area contributed by atoms with E-state index in [0.29, 0.717) is 12.8 Å². The fourth-order valence-electron chi connectivity index (χ4n) is 2.52. The topological polar surface area (TPSA) is 54.4 Å². The van der Waals surface area contributed by atoms with E-state index in [1.807, 2.05) is 20.8 Å². The third-order valence-corrected chi connectivity index (χ3v) is 5.53. The van der Waals surface area contributed by atoms with Gasteiger partial charge in [-0.1, -0.05) is 40.0 Å². The summed E-state index contributed by atoms with van der Waals surface area (Å²) in [4.78, 5) is 0. The molecule has 0 aliphatic heterocycles. The highest BCUT2D eigenvalue weighted by atomic mass is 32.2. The van der Waals surface area contributed by atoms with Crippen LogP contribution in [0.3, 0.4) is 0 Å². The second-order valence-corrected chi connectivity index (χ2v) is 7.01. The van der Waals surface area contributed by atoms with Crippen LogP contribution in [0.4, 0.5) is 0 Å². The summed E-state index contributed by atoms with van der Waals surface area (Å²) in [6, 6.07) is 0. The molecule has 3 nitrogen and oxygen atoms in total. The molecule has 1 aliphatic rings. The van der Waals surface area contributed by atoms with Crippen LogP contribution >= 0.6 is 0 Å². The third-order valence-electron chi connectivity index (χ3n) is 3.52. The van der Waals surface area contributed by atoms with Crippen molar-refractivity contribution in [3.05, 3.63) is 0 Å². The first-order chi connectivity index (χ1) is 6.21. The van der Waals surface area contributed by atoms with Crippen molar-refractivity contribution in [2.45, 2.75) is 57.6 Å². The SMILES string of the molecule is CC(C)(C)C1(S(=O)(=O)O)CCCCC1. The van der Waals surface area contributed by atoms with E-state index in [4.69, 9.17) is 0 Å². The fraction of sp³-hybridized carbons (Fsp3) is 1.00. The number of hydrogen-bond acceptors (Lipinski definition) is 2. The second-order valence-electron chi connectivity index (χ2n) is 5.28. The standard InChI is InChI=1S/C10H20O3S/c1-9(2,3)10(14(11,12)13)7-5-4-6-8-10/h4-8H2,1-3H3,(H,11,12,13). The van der Waals surface area contributed by atoms with Crippen LogP contribution < -0.4 is 0 Å². The Morgan fingerprint density at radius 2 is 1.50 bits per heavy atom. The minimum atomic E-state index is -3.95. The minimum absolute atomic E-state index is 0.388. The highest BCUT2D eigenvalue weighted by Crippen LogP contribution is 2.47. The van der Waals surface area contributed by atoms with Gasteiger partial charge < -0.3 is 0 Å². The van der Waals surface area contributed by atoms with Gasteiger partial charge in [-0.2, -0.15) is 8.42 Å². The van der Waals surface area contributed by atoms with Gasteiger partial charge in [-0.15, -0.1) is 0 Å². The molecule has 0 spiro atoms. The lowest BCUT2D eigenvalue weighted by molar-refractivity contribution is 0.190. The average molecular weight is 220 g/mol. The first-order valence-corrected chi connectivity index (χ1v) is 6.62. The lowest BCUT2D eigenvalue weighted by Gasteiger charge is -2.44. The molecule has 0 saturated heterocycles. The molecule has 0 unspecified atom stereocenters. The van der Waals surface area contributed by atoms with Crippen LogP contribution in [0.25, 0.3) is 0 Å². The molecule has 0 bridgehead atoms. The van der Waals surface area contributed by atoms with E-state index in [0.717, 1.165) is 19.3 Å². The Hall–Kier alpha value is -0.0900. The molecule has 14 heavy (non-hydrogen) atoms. The molecule has 0 amide bonds. The Bertz CT molecular complexity index is 292. The maximum Gasteiger partial charge on any atom is 0.271 e. The predicted octanol–water partition coefficient (Wildman–Crippen LogP) is 2.62. The quantitative estimate of drug-likeness (QED) is 0.691. The molecular weight excluding hydrogens is 200 g/mol. The van der Waals surface area contributed by atoms with Gasteiger partial charge in [0.25, 0.3) is 10.1 Å². The highest BCUT2D eigenvalue weighted by molar-refractivity contribution is 7.87. The van der Waals surface area contributed by atoms with Gasteiger partial charge in [0.2, 0.25) is 0 Å². The Kier molecular flexibility index (Phi) is 2.99. The van der Waals surface area contributed by atoms with Crippen molar-refractivity contribution in [3.63, 3.8) is 0 Å². The Morgan fingerprint density at radius 1 is 1.07 bits per heavy atom. The van der Waals surface area contributed by atoms with E-state index in [2.05, 4.69) is 0 Å². The van der Waals surface area contributed by atoms with Crippen LogP contribution in [-0.2, 0) is 10.1 Å². The Labute approximate surface area is 86.6 Å². The summed E-state index contributed by atoms with van der Waals surface area (Å²) in [7, 11) is -3.95. The van der Waals surface area contributed by atoms with Crippen molar-refractivity contribution in [2.24, 2.45) is 5.41 Å². The molecular formula is C10H20O3S. The van der Waals surface area contributed by atoms with Crippen molar-refractivity contribution >= 4 is 10.1 Å². The van der Waals surface area contributed by atoms with Crippen molar-refractivity contribution < 1.29 is 13.0 Å². The second kappa shape index (κ2) is 3.49. The molecule has 1 rings (SSSR count). The van der Waals surface area contributed by atoms with Gasteiger partial charge in [0.05, 0.1) is 0 Å². The van der Waals surface area contributed by atoms with E-state index in [9.17, 15) is 13.0 Å². The van der Waals surface area contributed by atoms with Gasteiger partial charge in [-0.25, -0.2) is 0 Å². The molecule has 0 atom stereocenters. The fourth-order valence-corrected chi connectivity index (χ4v) is 4.10. The molecule has 0 heterocycles. The van der Waals surface area contributed by atoms with Crippen LogP contribution in [0.1, 0.15) is 52.9 Å². The molecule has 1 aliphatic carbocycles. The van der Waals surface area contributed by atoms with Gasteiger partial charge in [0.15, 0.2) is 0 Å². The predicted molar refractivity (Wildman–Crippen MR) is 56.8 cm³/mol. The van der Waals surface area contributed by atoms with E-state index in [1.165, 1.54) is 0 Å². The van der Waals surface area contributed by atoms with Crippen LogP contribution in [0.2, 0.25) is 0 Å². The van der Waals surface area contributed by atoms with Gasteiger partial charge in [0, 0.05) is 0 Å². The minimum Gasteiger partial charge on any atom is -0.285 e. The molecule has 84 valence electrons. The monoisotopic (exact) mass is 220 g/mol. The zero-order chi connectivity index (χ0) is 11.0. The normalized spacial score (nSPS) is 23.4. The molecule has 1 saturated carbocycles. The van der Waals surface area contributed by atoms with Gasteiger partial charge >= 0.3 is 0 Å². The van der Waals surface area contributed by atoms with E-state index in [-0.39, 0.29) is 5.41 Å². The summed E-state index contributed by atoms with van der Waals surface area (Å²) < 4.78 is 31.5. The Morgan fingerprint density at radius 3 is 1.71 bits per heavy atom. The van der Waals surface area contributed by atoms with Gasteiger partial charge in [0.1, 0.15) is 4.75 Å². The molecule has 0 aromatic carbocycles. The smallest absolute Gasteiger partial charge is 0.271 e. The van der Waals surface area contributed by atoms with Crippen molar-refractivity contribution in [1.29, 1.82) is 0 Å². The lowest BCUT2D eigenvalue weighted by Crippen LogP contribution is -2.50. The Balaban J connectivity index is 3.15. The molecule has 1 N–H and O–H groups in total. The molecule has 0 aromatic rings. The first-order valence-electron chi connectivity index (χ1n) is 5.18. The maximum atomic E-state index is 11.5. The summed E-state index contributed by atoms with van der Waals surface area (Å²) in [5.74, 6) is 0. The number of hydrogen-bond donors (Lipinski definition) is 1.